The Hall–Kier alpha value is -1.82. The number of hydrogen-bond donors (Lipinski definition) is 2. The third kappa shape index (κ3) is 3.85. The molecule has 0 aliphatic heterocycles. The van der Waals surface area contributed by atoms with Gasteiger partial charge in [0, 0.05) is 29.9 Å². The second kappa shape index (κ2) is 6.30. The predicted octanol–water partition coefficient (Wildman–Crippen LogP) is 3.07. The molecule has 1 aliphatic carbocycles. The van der Waals surface area contributed by atoms with Crippen molar-refractivity contribution in [3.8, 4) is 5.75 Å². The summed E-state index contributed by atoms with van der Waals surface area (Å²) >= 11 is 0. The highest BCUT2D eigenvalue weighted by Gasteiger charge is 2.32. The van der Waals surface area contributed by atoms with Gasteiger partial charge in [0.15, 0.2) is 0 Å². The van der Waals surface area contributed by atoms with E-state index in [9.17, 15) is 10.1 Å². The number of anilines is 1. The summed E-state index contributed by atoms with van der Waals surface area (Å²) in [4.78, 5) is 10.7. The van der Waals surface area contributed by atoms with Crippen molar-refractivity contribution in [3.63, 3.8) is 0 Å². The van der Waals surface area contributed by atoms with E-state index in [-0.39, 0.29) is 17.3 Å². The van der Waals surface area contributed by atoms with Crippen LogP contribution >= 0.6 is 0 Å². The maximum absolute atomic E-state index is 11.1. The van der Waals surface area contributed by atoms with E-state index in [1.165, 1.54) is 6.07 Å². The lowest BCUT2D eigenvalue weighted by Gasteiger charge is -2.30. The van der Waals surface area contributed by atoms with Gasteiger partial charge in [-0.05, 0) is 26.7 Å². The molecule has 6 heteroatoms. The molecule has 1 fully saturated rings. The Morgan fingerprint density at radius 3 is 2.57 bits per heavy atom. The number of nitrogens with one attached hydrogen (secondary N) is 1. The average Bonchev–Trinajstić information content (AvgIpc) is 2.86. The van der Waals surface area contributed by atoms with Gasteiger partial charge in [0.05, 0.1) is 17.1 Å². The van der Waals surface area contributed by atoms with Crippen LogP contribution in [0, 0.1) is 10.1 Å². The summed E-state index contributed by atoms with van der Waals surface area (Å²) < 4.78 is 5.60. The molecule has 0 atom stereocenters. The van der Waals surface area contributed by atoms with E-state index in [1.54, 1.807) is 6.07 Å². The van der Waals surface area contributed by atoms with Gasteiger partial charge in [-0.2, -0.15) is 0 Å². The molecular weight excluding hydrogens is 270 g/mol. The molecule has 1 aromatic rings. The quantitative estimate of drug-likeness (QED) is 0.621. The van der Waals surface area contributed by atoms with Gasteiger partial charge in [-0.25, -0.2) is 0 Å². The van der Waals surface area contributed by atoms with E-state index < -0.39 is 4.92 Å². The molecule has 6 nitrogen and oxygen atoms in total. The minimum absolute atomic E-state index is 0.0285. The lowest BCUT2D eigenvalue weighted by molar-refractivity contribution is -0.384. The molecule has 1 aliphatic rings. The van der Waals surface area contributed by atoms with Crippen LogP contribution in [0.15, 0.2) is 18.2 Å². The molecule has 0 saturated heterocycles. The number of hydrogen-bond acceptors (Lipinski definition) is 5. The number of rotatable bonds is 6. The molecule has 1 saturated carbocycles. The maximum atomic E-state index is 11.1. The van der Waals surface area contributed by atoms with Gasteiger partial charge >= 0.3 is 0 Å². The molecule has 1 aromatic carbocycles. The van der Waals surface area contributed by atoms with Crippen LogP contribution in [-0.2, 0) is 0 Å². The highest BCUT2D eigenvalue weighted by atomic mass is 16.6. The van der Waals surface area contributed by atoms with Crippen LogP contribution < -0.4 is 15.8 Å². The Balaban J connectivity index is 2.28. The first kappa shape index (κ1) is 15.6. The molecule has 21 heavy (non-hydrogen) atoms. The summed E-state index contributed by atoms with van der Waals surface area (Å²) in [7, 11) is 0. The van der Waals surface area contributed by atoms with E-state index in [1.807, 2.05) is 19.9 Å². The monoisotopic (exact) mass is 293 g/mol. The molecular formula is C15H23N3O3. The number of ether oxygens (including phenoxy) is 1. The first-order valence-electron chi connectivity index (χ1n) is 7.38. The number of benzene rings is 1. The Morgan fingerprint density at radius 1 is 1.38 bits per heavy atom. The number of non-ortho nitro benzene ring substituents is 1. The number of nitrogens with two attached hydrogens (primary N) is 1. The number of nitro benzene ring substituents is 1. The first-order valence-corrected chi connectivity index (χ1v) is 7.38. The normalized spacial score (nSPS) is 17.0. The lowest BCUT2D eigenvalue weighted by Crippen LogP contribution is -2.42. The van der Waals surface area contributed by atoms with E-state index in [0.717, 1.165) is 25.7 Å². The summed E-state index contributed by atoms with van der Waals surface area (Å²) in [5.74, 6) is 0.506. The van der Waals surface area contributed by atoms with Gasteiger partial charge < -0.3 is 15.8 Å². The summed E-state index contributed by atoms with van der Waals surface area (Å²) in [6.07, 6.45) is 4.22. The minimum atomic E-state index is -0.401. The molecule has 3 N–H and O–H groups in total. The van der Waals surface area contributed by atoms with Crippen molar-refractivity contribution >= 4 is 11.4 Å². The molecule has 0 unspecified atom stereocenters. The van der Waals surface area contributed by atoms with Crippen LogP contribution in [0.4, 0.5) is 11.4 Å². The first-order chi connectivity index (χ1) is 9.94. The minimum Gasteiger partial charge on any atom is -0.491 e. The number of nitro groups is 1. The third-order valence-electron chi connectivity index (χ3n) is 3.83. The van der Waals surface area contributed by atoms with Crippen LogP contribution in [-0.4, -0.2) is 23.1 Å². The van der Waals surface area contributed by atoms with Crippen LogP contribution in [0.5, 0.6) is 5.75 Å². The molecule has 2 rings (SSSR count). The van der Waals surface area contributed by atoms with Crippen molar-refractivity contribution in [3.05, 3.63) is 28.3 Å². The largest absolute Gasteiger partial charge is 0.491 e. The zero-order valence-electron chi connectivity index (χ0n) is 12.6. The van der Waals surface area contributed by atoms with E-state index in [4.69, 9.17) is 10.5 Å². The van der Waals surface area contributed by atoms with Crippen LogP contribution in [0.3, 0.4) is 0 Å². The van der Waals surface area contributed by atoms with E-state index in [2.05, 4.69) is 5.32 Å². The van der Waals surface area contributed by atoms with Crippen molar-refractivity contribution in [1.29, 1.82) is 0 Å². The highest BCUT2D eigenvalue weighted by Crippen LogP contribution is 2.35. The Kier molecular flexibility index (Phi) is 4.67. The maximum Gasteiger partial charge on any atom is 0.275 e. The molecule has 0 heterocycles. The van der Waals surface area contributed by atoms with Gasteiger partial charge in [-0.1, -0.05) is 12.8 Å². The third-order valence-corrected chi connectivity index (χ3v) is 3.83. The average molecular weight is 293 g/mol. The zero-order valence-corrected chi connectivity index (χ0v) is 12.6. The van der Waals surface area contributed by atoms with E-state index in [0.29, 0.717) is 18.0 Å². The molecule has 0 spiro atoms. The SMILES string of the molecule is CC(C)Oc1cc(NC2(CN)CCCC2)cc([N+](=O)[O-])c1. The molecule has 116 valence electrons. The Bertz CT molecular complexity index is 511. The van der Waals surface area contributed by atoms with Gasteiger partial charge in [-0.3, -0.25) is 10.1 Å². The van der Waals surface area contributed by atoms with E-state index >= 15 is 0 Å². The zero-order chi connectivity index (χ0) is 15.5. The van der Waals surface area contributed by atoms with Crippen LogP contribution in [0.2, 0.25) is 0 Å². The van der Waals surface area contributed by atoms with Crippen molar-refractivity contribution in [1.82, 2.24) is 0 Å². The second-order valence-electron chi connectivity index (χ2n) is 5.96. The van der Waals surface area contributed by atoms with Crippen molar-refractivity contribution < 1.29 is 9.66 Å². The Labute approximate surface area is 124 Å². The molecule has 0 amide bonds. The van der Waals surface area contributed by atoms with Crippen LogP contribution in [0.25, 0.3) is 0 Å². The fourth-order valence-corrected chi connectivity index (χ4v) is 2.84. The summed E-state index contributed by atoms with van der Waals surface area (Å²) in [6.45, 7) is 4.31. The standard InChI is InChI=1S/C15H23N3O3/c1-11(2)21-14-8-12(7-13(9-14)18(19)20)17-15(10-16)5-3-4-6-15/h7-9,11,17H,3-6,10,16H2,1-2H3. The topological polar surface area (TPSA) is 90.4 Å². The van der Waals surface area contributed by atoms with Crippen LogP contribution in [0.1, 0.15) is 39.5 Å². The lowest BCUT2D eigenvalue weighted by atomic mass is 9.97. The fraction of sp³-hybridized carbons (Fsp3) is 0.600. The van der Waals surface area contributed by atoms with Gasteiger partial charge in [-0.15, -0.1) is 0 Å². The van der Waals surface area contributed by atoms with Gasteiger partial charge in [0.25, 0.3) is 5.69 Å². The fourth-order valence-electron chi connectivity index (χ4n) is 2.84. The highest BCUT2D eigenvalue weighted by molar-refractivity contribution is 5.57. The van der Waals surface area contributed by atoms with Crippen molar-refractivity contribution in [2.45, 2.75) is 51.2 Å². The number of nitrogens with zero attached hydrogens (tertiary/aromatic N) is 1. The van der Waals surface area contributed by atoms with Gasteiger partial charge in [0.1, 0.15) is 5.75 Å². The van der Waals surface area contributed by atoms with Crippen molar-refractivity contribution in [2.75, 3.05) is 11.9 Å². The summed E-state index contributed by atoms with van der Waals surface area (Å²) in [5.41, 5.74) is 6.49. The summed E-state index contributed by atoms with van der Waals surface area (Å²) in [6, 6.07) is 4.81. The summed E-state index contributed by atoms with van der Waals surface area (Å²) in [5, 5.41) is 14.5. The van der Waals surface area contributed by atoms with Gasteiger partial charge in [0.2, 0.25) is 0 Å². The molecule has 0 aromatic heterocycles. The smallest absolute Gasteiger partial charge is 0.275 e. The van der Waals surface area contributed by atoms with Crippen molar-refractivity contribution in [2.24, 2.45) is 5.73 Å². The molecule has 0 bridgehead atoms. The predicted molar refractivity (Wildman–Crippen MR) is 82.7 cm³/mol. The second-order valence-corrected chi connectivity index (χ2v) is 5.96. The Morgan fingerprint density at radius 2 is 2.05 bits per heavy atom. The molecule has 0 radical (unpaired) electrons.